The molecule has 0 aliphatic heterocycles. The number of halogens is 1. The SMILES string of the molecule is CN(C)S(=O)(=O)c1cc(C(=O)OCC(=O)Nc2ccccc2-c2ccccc2)ccc1Cl. The van der Waals surface area contributed by atoms with Gasteiger partial charge in [-0.2, -0.15) is 0 Å². The molecule has 0 aliphatic rings. The molecule has 0 spiro atoms. The quantitative estimate of drug-likeness (QED) is 0.523. The Morgan fingerprint density at radius 1 is 0.969 bits per heavy atom. The van der Waals surface area contributed by atoms with Gasteiger partial charge >= 0.3 is 5.97 Å². The summed E-state index contributed by atoms with van der Waals surface area (Å²) in [4.78, 5) is 24.6. The van der Waals surface area contributed by atoms with Crippen LogP contribution in [0.2, 0.25) is 5.02 Å². The number of sulfonamides is 1. The summed E-state index contributed by atoms with van der Waals surface area (Å²) in [5.74, 6) is -1.37. The number of benzene rings is 3. The monoisotopic (exact) mass is 472 g/mol. The summed E-state index contributed by atoms with van der Waals surface area (Å²) in [5, 5.41) is 2.71. The summed E-state index contributed by atoms with van der Waals surface area (Å²) < 4.78 is 30.8. The highest BCUT2D eigenvalue weighted by molar-refractivity contribution is 7.89. The maximum absolute atomic E-state index is 12.4. The lowest BCUT2D eigenvalue weighted by molar-refractivity contribution is -0.119. The van der Waals surface area contributed by atoms with E-state index in [-0.39, 0.29) is 15.5 Å². The molecule has 0 saturated heterocycles. The minimum atomic E-state index is -3.85. The lowest BCUT2D eigenvalue weighted by Crippen LogP contribution is -2.23. The van der Waals surface area contributed by atoms with E-state index in [1.54, 1.807) is 12.1 Å². The van der Waals surface area contributed by atoms with Crippen LogP contribution in [0.5, 0.6) is 0 Å². The lowest BCUT2D eigenvalue weighted by atomic mass is 10.0. The molecular formula is C23H21ClN2O5S. The number of carbonyl (C=O) groups is 2. The maximum Gasteiger partial charge on any atom is 0.338 e. The number of hydrogen-bond acceptors (Lipinski definition) is 5. The molecule has 9 heteroatoms. The number of hydrogen-bond donors (Lipinski definition) is 1. The third-order valence-electron chi connectivity index (χ3n) is 4.55. The smallest absolute Gasteiger partial charge is 0.338 e. The van der Waals surface area contributed by atoms with Crippen molar-refractivity contribution >= 4 is 39.2 Å². The number of esters is 1. The number of nitrogens with zero attached hydrogens (tertiary/aromatic N) is 1. The highest BCUT2D eigenvalue weighted by Gasteiger charge is 2.23. The minimum Gasteiger partial charge on any atom is -0.452 e. The first-order valence-electron chi connectivity index (χ1n) is 9.53. The fourth-order valence-corrected chi connectivity index (χ4v) is 4.28. The van der Waals surface area contributed by atoms with Crippen LogP contribution in [0.25, 0.3) is 11.1 Å². The van der Waals surface area contributed by atoms with Crippen LogP contribution in [0.3, 0.4) is 0 Å². The van der Waals surface area contributed by atoms with E-state index in [0.29, 0.717) is 5.69 Å². The molecule has 0 saturated carbocycles. The average Bonchev–Trinajstić information content (AvgIpc) is 2.78. The van der Waals surface area contributed by atoms with E-state index in [2.05, 4.69) is 5.32 Å². The second-order valence-corrected chi connectivity index (χ2v) is 9.50. The second kappa shape index (κ2) is 9.95. The van der Waals surface area contributed by atoms with Crippen LogP contribution in [0.15, 0.2) is 77.7 Å². The summed E-state index contributed by atoms with van der Waals surface area (Å²) in [6.45, 7) is -0.541. The van der Waals surface area contributed by atoms with Gasteiger partial charge in [-0.3, -0.25) is 4.79 Å². The molecule has 0 bridgehead atoms. The first-order chi connectivity index (χ1) is 15.2. The number of amides is 1. The molecule has 0 heterocycles. The van der Waals surface area contributed by atoms with Crippen molar-refractivity contribution in [2.75, 3.05) is 26.0 Å². The van der Waals surface area contributed by atoms with Crippen molar-refractivity contribution in [1.82, 2.24) is 4.31 Å². The Balaban J connectivity index is 1.70. The lowest BCUT2D eigenvalue weighted by Gasteiger charge is -2.14. The van der Waals surface area contributed by atoms with Crippen LogP contribution < -0.4 is 5.32 Å². The Morgan fingerprint density at radius 3 is 2.31 bits per heavy atom. The summed E-state index contributed by atoms with van der Waals surface area (Å²) in [6.07, 6.45) is 0. The standard InChI is InChI=1S/C23H21ClN2O5S/c1-26(2)32(29,30)21-14-17(12-13-19(21)24)23(28)31-15-22(27)25-20-11-7-6-10-18(20)16-8-4-3-5-9-16/h3-14H,15H2,1-2H3,(H,25,27). The maximum atomic E-state index is 12.4. The van der Waals surface area contributed by atoms with Crippen LogP contribution in [-0.4, -0.2) is 45.3 Å². The first-order valence-corrected chi connectivity index (χ1v) is 11.4. The van der Waals surface area contributed by atoms with E-state index >= 15 is 0 Å². The Kier molecular flexibility index (Phi) is 7.29. The first kappa shape index (κ1) is 23.5. The van der Waals surface area contributed by atoms with Gasteiger partial charge < -0.3 is 10.1 Å². The molecule has 0 aromatic heterocycles. The molecule has 7 nitrogen and oxygen atoms in total. The summed E-state index contributed by atoms with van der Waals surface area (Å²) in [6, 6.07) is 20.6. The molecule has 1 amide bonds. The fourth-order valence-electron chi connectivity index (χ4n) is 2.89. The van der Waals surface area contributed by atoms with Crippen molar-refractivity contribution in [3.05, 3.63) is 83.4 Å². The van der Waals surface area contributed by atoms with Crippen LogP contribution in [0, 0.1) is 0 Å². The molecule has 0 atom stereocenters. The fraction of sp³-hybridized carbons (Fsp3) is 0.130. The van der Waals surface area contributed by atoms with Gasteiger partial charge in [-0.1, -0.05) is 60.1 Å². The summed E-state index contributed by atoms with van der Waals surface area (Å²) in [7, 11) is -1.14. The van der Waals surface area contributed by atoms with Crippen molar-refractivity contribution in [2.45, 2.75) is 4.90 Å². The zero-order valence-corrected chi connectivity index (χ0v) is 19.0. The molecule has 32 heavy (non-hydrogen) atoms. The number of carbonyl (C=O) groups excluding carboxylic acids is 2. The van der Waals surface area contributed by atoms with Gasteiger partial charge in [0.1, 0.15) is 4.90 Å². The Labute approximate surface area is 191 Å². The Hall–Kier alpha value is -3.20. The summed E-state index contributed by atoms with van der Waals surface area (Å²) >= 11 is 5.99. The third-order valence-corrected chi connectivity index (χ3v) is 6.84. The number of rotatable bonds is 7. The van der Waals surface area contributed by atoms with Gasteiger partial charge in [-0.25, -0.2) is 17.5 Å². The van der Waals surface area contributed by atoms with Crippen molar-refractivity contribution in [3.63, 3.8) is 0 Å². The zero-order valence-electron chi connectivity index (χ0n) is 17.4. The van der Waals surface area contributed by atoms with E-state index in [1.807, 2.05) is 42.5 Å². The van der Waals surface area contributed by atoms with E-state index in [1.165, 1.54) is 26.2 Å². The molecule has 3 rings (SSSR count). The predicted molar refractivity (Wildman–Crippen MR) is 123 cm³/mol. The molecule has 0 radical (unpaired) electrons. The molecule has 166 valence electrons. The topological polar surface area (TPSA) is 92.8 Å². The van der Waals surface area contributed by atoms with E-state index in [0.717, 1.165) is 21.5 Å². The highest BCUT2D eigenvalue weighted by atomic mass is 35.5. The number of para-hydroxylation sites is 1. The average molecular weight is 473 g/mol. The van der Waals surface area contributed by atoms with Crippen LogP contribution in [0.4, 0.5) is 5.69 Å². The van der Waals surface area contributed by atoms with E-state index < -0.39 is 28.5 Å². The van der Waals surface area contributed by atoms with E-state index in [9.17, 15) is 18.0 Å². The van der Waals surface area contributed by atoms with Crippen LogP contribution >= 0.6 is 11.6 Å². The Morgan fingerprint density at radius 2 is 1.62 bits per heavy atom. The van der Waals surface area contributed by atoms with E-state index in [4.69, 9.17) is 16.3 Å². The molecule has 3 aromatic carbocycles. The third kappa shape index (κ3) is 5.34. The molecule has 0 fully saturated rings. The largest absolute Gasteiger partial charge is 0.452 e. The van der Waals surface area contributed by atoms with Gasteiger partial charge in [-0.15, -0.1) is 0 Å². The van der Waals surface area contributed by atoms with Gasteiger partial charge in [-0.05, 0) is 29.8 Å². The molecular weight excluding hydrogens is 452 g/mol. The van der Waals surface area contributed by atoms with Gasteiger partial charge in [0.2, 0.25) is 10.0 Å². The van der Waals surface area contributed by atoms with Gasteiger partial charge in [0, 0.05) is 25.3 Å². The van der Waals surface area contributed by atoms with Gasteiger partial charge in [0.25, 0.3) is 5.91 Å². The highest BCUT2D eigenvalue weighted by Crippen LogP contribution is 2.28. The number of ether oxygens (including phenoxy) is 1. The van der Waals surface area contributed by atoms with Gasteiger partial charge in [0.05, 0.1) is 10.6 Å². The number of anilines is 1. The van der Waals surface area contributed by atoms with Crippen molar-refractivity contribution in [3.8, 4) is 11.1 Å². The minimum absolute atomic E-state index is 0.0227. The molecule has 3 aromatic rings. The molecule has 0 aliphatic carbocycles. The molecule has 1 N–H and O–H groups in total. The van der Waals surface area contributed by atoms with Crippen LogP contribution in [0.1, 0.15) is 10.4 Å². The van der Waals surface area contributed by atoms with Crippen molar-refractivity contribution < 1.29 is 22.7 Å². The number of nitrogens with one attached hydrogen (secondary N) is 1. The Bertz CT molecular complexity index is 1240. The molecule has 0 unspecified atom stereocenters. The predicted octanol–water partition coefficient (Wildman–Crippen LogP) is 4.05. The summed E-state index contributed by atoms with van der Waals surface area (Å²) in [5.41, 5.74) is 2.29. The van der Waals surface area contributed by atoms with Crippen LogP contribution in [-0.2, 0) is 19.6 Å². The second-order valence-electron chi connectivity index (χ2n) is 6.97. The van der Waals surface area contributed by atoms with Crippen molar-refractivity contribution in [2.24, 2.45) is 0 Å². The zero-order chi connectivity index (χ0) is 23.3. The normalized spacial score (nSPS) is 11.2. The van der Waals surface area contributed by atoms with Crippen molar-refractivity contribution in [1.29, 1.82) is 0 Å². The van der Waals surface area contributed by atoms with Gasteiger partial charge in [0.15, 0.2) is 6.61 Å².